The van der Waals surface area contributed by atoms with Crippen molar-refractivity contribution < 1.29 is 22.8 Å². The zero-order chi connectivity index (χ0) is 19.5. The maximum absolute atomic E-state index is 12.6. The standard InChI is InChI=1S/C16H15Cl2NO6S/c1-24-11-4-3-10(15(7-11)25-2)5-6-26(22,23)16-9-14(19(20)21)12(17)8-13(16)18/h3-4,7-9H,5-6H2,1-2H3. The number of rotatable bonds is 7. The van der Waals surface area contributed by atoms with Crippen molar-refractivity contribution in [1.82, 2.24) is 0 Å². The maximum atomic E-state index is 12.6. The van der Waals surface area contributed by atoms with Crippen LogP contribution in [0.15, 0.2) is 35.2 Å². The Bertz CT molecular complexity index is 946. The molecule has 0 saturated carbocycles. The van der Waals surface area contributed by atoms with Crippen LogP contribution in [0.4, 0.5) is 5.69 Å². The molecule has 0 aliphatic rings. The van der Waals surface area contributed by atoms with Gasteiger partial charge in [-0.15, -0.1) is 0 Å². The number of hydrogen-bond acceptors (Lipinski definition) is 6. The molecule has 26 heavy (non-hydrogen) atoms. The van der Waals surface area contributed by atoms with Crippen molar-refractivity contribution >= 4 is 38.7 Å². The SMILES string of the molecule is COc1ccc(CCS(=O)(=O)c2cc([N+](=O)[O-])c(Cl)cc2Cl)c(OC)c1. The molecule has 0 amide bonds. The number of halogens is 2. The largest absolute Gasteiger partial charge is 0.497 e. The molecule has 2 aromatic carbocycles. The summed E-state index contributed by atoms with van der Waals surface area (Å²) in [6.07, 6.45) is 0.127. The number of hydrogen-bond donors (Lipinski definition) is 0. The van der Waals surface area contributed by atoms with Crippen LogP contribution >= 0.6 is 23.2 Å². The Morgan fingerprint density at radius 2 is 1.77 bits per heavy atom. The van der Waals surface area contributed by atoms with Crippen LogP contribution in [0.25, 0.3) is 0 Å². The van der Waals surface area contributed by atoms with Crippen LogP contribution in [-0.2, 0) is 16.3 Å². The molecular formula is C16H15Cl2NO6S. The number of nitro benzene ring substituents is 1. The molecular weight excluding hydrogens is 405 g/mol. The summed E-state index contributed by atoms with van der Waals surface area (Å²) in [5, 5.41) is 10.6. The van der Waals surface area contributed by atoms with Crippen molar-refractivity contribution in [3.8, 4) is 11.5 Å². The molecule has 0 aromatic heterocycles. The minimum absolute atomic E-state index is 0.127. The number of methoxy groups -OCH3 is 2. The zero-order valence-corrected chi connectivity index (χ0v) is 16.2. The molecule has 0 aliphatic carbocycles. The normalized spacial score (nSPS) is 11.2. The number of aryl methyl sites for hydroxylation is 1. The number of benzene rings is 2. The van der Waals surface area contributed by atoms with Crippen molar-refractivity contribution in [2.24, 2.45) is 0 Å². The molecule has 2 aromatic rings. The van der Waals surface area contributed by atoms with Gasteiger partial charge in [0.2, 0.25) is 0 Å². The Kier molecular flexibility index (Phi) is 6.33. The first kappa shape index (κ1) is 20.3. The lowest BCUT2D eigenvalue weighted by Crippen LogP contribution is -2.11. The Morgan fingerprint density at radius 1 is 1.08 bits per heavy atom. The quantitative estimate of drug-likeness (QED) is 0.498. The average Bonchev–Trinajstić information content (AvgIpc) is 2.59. The van der Waals surface area contributed by atoms with Crippen LogP contribution in [0, 0.1) is 10.1 Å². The Hall–Kier alpha value is -2.03. The van der Waals surface area contributed by atoms with Gasteiger partial charge in [0.25, 0.3) is 5.69 Å². The lowest BCUT2D eigenvalue weighted by Gasteiger charge is -2.11. The Balaban J connectivity index is 2.33. The molecule has 0 fully saturated rings. The smallest absolute Gasteiger partial charge is 0.289 e. The highest BCUT2D eigenvalue weighted by atomic mass is 35.5. The zero-order valence-electron chi connectivity index (χ0n) is 13.9. The molecule has 10 heteroatoms. The summed E-state index contributed by atoms with van der Waals surface area (Å²) in [6, 6.07) is 6.96. The van der Waals surface area contributed by atoms with E-state index in [1.807, 2.05) is 0 Å². The molecule has 0 saturated heterocycles. The van der Waals surface area contributed by atoms with Crippen molar-refractivity contribution in [1.29, 1.82) is 0 Å². The summed E-state index contributed by atoms with van der Waals surface area (Å²) in [5.41, 5.74) is 0.133. The summed E-state index contributed by atoms with van der Waals surface area (Å²) in [4.78, 5) is 9.90. The molecule has 0 unspecified atom stereocenters. The average molecular weight is 420 g/mol. The van der Waals surface area contributed by atoms with Crippen LogP contribution in [0.2, 0.25) is 10.0 Å². The van der Waals surface area contributed by atoms with Gasteiger partial charge in [0.1, 0.15) is 16.5 Å². The third kappa shape index (κ3) is 4.38. The number of sulfone groups is 1. The first-order valence-electron chi connectivity index (χ1n) is 7.26. The van der Waals surface area contributed by atoms with Crippen molar-refractivity contribution in [2.75, 3.05) is 20.0 Å². The second-order valence-corrected chi connectivity index (χ2v) is 8.13. The topological polar surface area (TPSA) is 95.7 Å². The molecule has 0 heterocycles. The van der Waals surface area contributed by atoms with E-state index in [9.17, 15) is 18.5 Å². The lowest BCUT2D eigenvalue weighted by atomic mass is 10.1. The predicted molar refractivity (Wildman–Crippen MR) is 98.4 cm³/mol. The van der Waals surface area contributed by atoms with Gasteiger partial charge in [-0.3, -0.25) is 10.1 Å². The van der Waals surface area contributed by atoms with Crippen LogP contribution in [0.1, 0.15) is 5.56 Å². The summed E-state index contributed by atoms with van der Waals surface area (Å²) in [7, 11) is -0.912. The Labute approximate surface area is 160 Å². The number of nitrogens with zero attached hydrogens (tertiary/aromatic N) is 1. The van der Waals surface area contributed by atoms with Crippen molar-refractivity contribution in [2.45, 2.75) is 11.3 Å². The van der Waals surface area contributed by atoms with Gasteiger partial charge in [0, 0.05) is 12.1 Å². The van der Waals surface area contributed by atoms with E-state index in [-0.39, 0.29) is 27.1 Å². The van der Waals surface area contributed by atoms with Gasteiger partial charge >= 0.3 is 0 Å². The van der Waals surface area contributed by atoms with Gasteiger partial charge in [-0.25, -0.2) is 8.42 Å². The molecule has 2 rings (SSSR count). The molecule has 140 valence electrons. The van der Waals surface area contributed by atoms with Gasteiger partial charge < -0.3 is 9.47 Å². The monoisotopic (exact) mass is 419 g/mol. The van der Waals surface area contributed by atoms with E-state index in [1.165, 1.54) is 14.2 Å². The summed E-state index contributed by atoms with van der Waals surface area (Å²) in [6.45, 7) is 0. The molecule has 0 bridgehead atoms. The predicted octanol–water partition coefficient (Wildman–Crippen LogP) is 3.94. The van der Waals surface area contributed by atoms with Crippen LogP contribution in [0.5, 0.6) is 11.5 Å². The highest BCUT2D eigenvalue weighted by molar-refractivity contribution is 7.91. The third-order valence-electron chi connectivity index (χ3n) is 3.67. The van der Waals surface area contributed by atoms with E-state index in [4.69, 9.17) is 32.7 Å². The lowest BCUT2D eigenvalue weighted by molar-refractivity contribution is -0.384. The Morgan fingerprint density at radius 3 is 2.35 bits per heavy atom. The minimum atomic E-state index is -3.88. The first-order valence-corrected chi connectivity index (χ1v) is 9.67. The molecule has 0 N–H and O–H groups in total. The van der Waals surface area contributed by atoms with Crippen molar-refractivity contribution in [3.63, 3.8) is 0 Å². The molecule has 0 radical (unpaired) electrons. The van der Waals surface area contributed by atoms with Gasteiger partial charge in [-0.1, -0.05) is 29.3 Å². The molecule has 7 nitrogen and oxygen atoms in total. The van der Waals surface area contributed by atoms with E-state index in [0.717, 1.165) is 12.1 Å². The fraction of sp³-hybridized carbons (Fsp3) is 0.250. The van der Waals surface area contributed by atoms with Gasteiger partial charge in [-0.05, 0) is 24.1 Å². The van der Waals surface area contributed by atoms with Crippen LogP contribution in [0.3, 0.4) is 0 Å². The van der Waals surface area contributed by atoms with E-state index in [2.05, 4.69) is 0 Å². The minimum Gasteiger partial charge on any atom is -0.497 e. The number of nitro groups is 1. The van der Waals surface area contributed by atoms with Crippen molar-refractivity contribution in [3.05, 3.63) is 56.1 Å². The second-order valence-electron chi connectivity index (χ2n) is 5.24. The third-order valence-corrected chi connectivity index (χ3v) is 6.14. The molecule has 0 spiro atoms. The summed E-state index contributed by atoms with van der Waals surface area (Å²) >= 11 is 11.7. The van der Waals surface area contributed by atoms with E-state index < -0.39 is 20.4 Å². The molecule has 0 aliphatic heterocycles. The highest BCUT2D eigenvalue weighted by Gasteiger charge is 2.25. The van der Waals surface area contributed by atoms with Gasteiger partial charge in [-0.2, -0.15) is 0 Å². The number of ether oxygens (including phenoxy) is 2. The summed E-state index contributed by atoms with van der Waals surface area (Å²) in [5.74, 6) is 0.742. The van der Waals surface area contributed by atoms with E-state index in [0.29, 0.717) is 17.1 Å². The maximum Gasteiger partial charge on any atom is 0.289 e. The van der Waals surface area contributed by atoms with Gasteiger partial charge in [0.05, 0.1) is 34.8 Å². The fourth-order valence-corrected chi connectivity index (χ4v) is 4.47. The second kappa shape index (κ2) is 8.11. The molecule has 0 atom stereocenters. The van der Waals surface area contributed by atoms with E-state index in [1.54, 1.807) is 18.2 Å². The van der Waals surface area contributed by atoms with Crippen LogP contribution < -0.4 is 9.47 Å². The highest BCUT2D eigenvalue weighted by Crippen LogP contribution is 2.34. The summed E-state index contributed by atoms with van der Waals surface area (Å²) < 4.78 is 35.6. The van der Waals surface area contributed by atoms with Gasteiger partial charge in [0.15, 0.2) is 9.84 Å². The van der Waals surface area contributed by atoms with E-state index >= 15 is 0 Å². The van der Waals surface area contributed by atoms with Crippen LogP contribution in [-0.4, -0.2) is 33.3 Å². The fourth-order valence-electron chi connectivity index (χ4n) is 2.31. The first-order chi connectivity index (χ1) is 12.2.